The molecule has 0 bridgehead atoms. The molecule has 0 unspecified atom stereocenters. The van der Waals surface area contributed by atoms with Crippen LogP contribution >= 0.6 is 34.8 Å². The number of aromatic nitrogens is 1. The Hall–Kier alpha value is -1.18. The van der Waals surface area contributed by atoms with Gasteiger partial charge < -0.3 is 0 Å². The molecule has 2 aromatic rings. The Kier molecular flexibility index (Phi) is 4.76. The van der Waals surface area contributed by atoms with Gasteiger partial charge in [-0.1, -0.05) is 34.8 Å². The molecule has 0 amide bonds. The van der Waals surface area contributed by atoms with E-state index in [0.29, 0.717) is 0 Å². The molecule has 124 valence electrons. The fraction of sp³-hybridized carbons (Fsp3) is 0.154. The minimum Gasteiger partial charge on any atom is -0.263 e. The molecular weight excluding hydrogens is 390 g/mol. The first-order chi connectivity index (χ1) is 10.4. The second-order valence-electron chi connectivity index (χ2n) is 4.32. The average molecular weight is 395 g/mol. The lowest BCUT2D eigenvalue weighted by Gasteiger charge is -2.20. The van der Waals surface area contributed by atoms with Crippen LogP contribution in [0.15, 0.2) is 24.5 Å². The molecular formula is C13H4Cl3F6N. The zero-order chi connectivity index (χ0) is 17.6. The van der Waals surface area contributed by atoms with E-state index in [1.807, 2.05) is 0 Å². The fourth-order valence-corrected chi connectivity index (χ4v) is 2.63. The Labute approximate surface area is 140 Å². The summed E-state index contributed by atoms with van der Waals surface area (Å²) in [6.45, 7) is 0. The molecule has 23 heavy (non-hydrogen) atoms. The molecule has 0 saturated heterocycles. The summed E-state index contributed by atoms with van der Waals surface area (Å²) in [5, 5.41) is -1.15. The van der Waals surface area contributed by atoms with Crippen molar-refractivity contribution in [1.29, 1.82) is 0 Å². The number of pyridine rings is 1. The molecule has 1 aromatic heterocycles. The first-order valence-corrected chi connectivity index (χ1v) is 6.84. The van der Waals surface area contributed by atoms with Crippen molar-refractivity contribution in [3.8, 4) is 11.1 Å². The van der Waals surface area contributed by atoms with Crippen molar-refractivity contribution in [2.45, 2.75) is 12.4 Å². The number of nitrogens with zero attached hydrogens (tertiary/aromatic N) is 1. The van der Waals surface area contributed by atoms with Gasteiger partial charge in [0.1, 0.15) is 0 Å². The minimum absolute atomic E-state index is 0.232. The van der Waals surface area contributed by atoms with Crippen LogP contribution in [0.4, 0.5) is 26.3 Å². The van der Waals surface area contributed by atoms with Gasteiger partial charge in [-0.15, -0.1) is 0 Å². The van der Waals surface area contributed by atoms with Crippen LogP contribution in [-0.4, -0.2) is 4.98 Å². The van der Waals surface area contributed by atoms with E-state index in [1.165, 1.54) is 0 Å². The van der Waals surface area contributed by atoms with E-state index in [2.05, 4.69) is 4.98 Å². The second-order valence-corrected chi connectivity index (χ2v) is 5.52. The molecule has 1 nitrogen and oxygen atoms in total. The van der Waals surface area contributed by atoms with Gasteiger partial charge in [-0.3, -0.25) is 4.98 Å². The summed E-state index contributed by atoms with van der Waals surface area (Å²) >= 11 is 17.3. The van der Waals surface area contributed by atoms with Gasteiger partial charge in [0.15, 0.2) is 0 Å². The highest BCUT2D eigenvalue weighted by Gasteiger charge is 2.42. The van der Waals surface area contributed by atoms with Crippen molar-refractivity contribution < 1.29 is 26.3 Å². The maximum Gasteiger partial charge on any atom is 0.418 e. The van der Waals surface area contributed by atoms with Gasteiger partial charge >= 0.3 is 12.4 Å². The van der Waals surface area contributed by atoms with Crippen LogP contribution in [0.1, 0.15) is 11.1 Å². The Morgan fingerprint density at radius 2 is 1.13 bits per heavy atom. The zero-order valence-corrected chi connectivity index (χ0v) is 12.9. The molecule has 0 N–H and O–H groups in total. The molecule has 1 heterocycles. The van der Waals surface area contributed by atoms with Crippen LogP contribution in [0.2, 0.25) is 15.1 Å². The topological polar surface area (TPSA) is 12.9 Å². The third kappa shape index (κ3) is 3.51. The van der Waals surface area contributed by atoms with E-state index >= 15 is 0 Å². The lowest BCUT2D eigenvalue weighted by Crippen LogP contribution is -2.15. The lowest BCUT2D eigenvalue weighted by molar-refractivity contribution is -0.142. The fourth-order valence-electron chi connectivity index (χ4n) is 1.92. The summed E-state index contributed by atoms with van der Waals surface area (Å²) in [7, 11) is 0. The minimum atomic E-state index is -5.10. The highest BCUT2D eigenvalue weighted by molar-refractivity contribution is 6.46. The van der Waals surface area contributed by atoms with Gasteiger partial charge in [0.2, 0.25) is 0 Å². The van der Waals surface area contributed by atoms with Crippen LogP contribution in [0, 0.1) is 0 Å². The van der Waals surface area contributed by atoms with E-state index in [0.717, 1.165) is 12.1 Å². The van der Waals surface area contributed by atoms with Crippen LogP contribution in [0.5, 0.6) is 0 Å². The van der Waals surface area contributed by atoms with Gasteiger partial charge in [0.05, 0.1) is 26.2 Å². The smallest absolute Gasteiger partial charge is 0.263 e. The van der Waals surface area contributed by atoms with E-state index in [1.54, 1.807) is 0 Å². The molecule has 0 aliphatic carbocycles. The molecule has 0 aliphatic heterocycles. The number of rotatable bonds is 1. The van der Waals surface area contributed by atoms with Gasteiger partial charge in [-0.25, -0.2) is 0 Å². The van der Waals surface area contributed by atoms with Crippen molar-refractivity contribution in [3.63, 3.8) is 0 Å². The molecule has 0 radical (unpaired) electrons. The predicted octanol–water partition coefficient (Wildman–Crippen LogP) is 6.75. The van der Waals surface area contributed by atoms with Crippen LogP contribution in [0.3, 0.4) is 0 Å². The number of hydrogen-bond donors (Lipinski definition) is 0. The molecule has 0 atom stereocenters. The quantitative estimate of drug-likeness (QED) is 0.385. The van der Waals surface area contributed by atoms with Crippen molar-refractivity contribution in [2.24, 2.45) is 0 Å². The SMILES string of the molecule is FC(F)(F)c1cncc(C(F)(F)F)c1-c1c(Cl)ccc(Cl)c1Cl. The summed E-state index contributed by atoms with van der Waals surface area (Å²) in [5.74, 6) is 0. The highest BCUT2D eigenvalue weighted by atomic mass is 35.5. The van der Waals surface area contributed by atoms with E-state index in [9.17, 15) is 26.3 Å². The van der Waals surface area contributed by atoms with E-state index < -0.39 is 44.7 Å². The summed E-state index contributed by atoms with van der Waals surface area (Å²) in [6, 6.07) is 2.23. The Bertz CT molecular complexity index is 722. The van der Waals surface area contributed by atoms with Crippen molar-refractivity contribution in [3.05, 3.63) is 50.7 Å². The summed E-state index contributed by atoms with van der Waals surface area (Å²) < 4.78 is 78.8. The third-order valence-electron chi connectivity index (χ3n) is 2.85. The van der Waals surface area contributed by atoms with Crippen LogP contribution in [-0.2, 0) is 12.4 Å². The molecule has 1 aromatic carbocycles. The van der Waals surface area contributed by atoms with Crippen molar-refractivity contribution in [2.75, 3.05) is 0 Å². The Balaban J connectivity index is 2.99. The van der Waals surface area contributed by atoms with Crippen LogP contribution < -0.4 is 0 Å². The van der Waals surface area contributed by atoms with Crippen molar-refractivity contribution >= 4 is 34.8 Å². The summed E-state index contributed by atoms with van der Waals surface area (Å²) in [6.07, 6.45) is -9.65. The van der Waals surface area contributed by atoms with E-state index in [-0.39, 0.29) is 17.4 Å². The Morgan fingerprint density at radius 1 is 0.696 bits per heavy atom. The maximum atomic E-state index is 13.1. The van der Waals surface area contributed by atoms with Crippen LogP contribution in [0.25, 0.3) is 11.1 Å². The molecule has 0 aliphatic rings. The predicted molar refractivity (Wildman–Crippen MR) is 74.7 cm³/mol. The van der Waals surface area contributed by atoms with Gasteiger partial charge in [0.25, 0.3) is 0 Å². The molecule has 2 rings (SSSR count). The monoisotopic (exact) mass is 393 g/mol. The largest absolute Gasteiger partial charge is 0.418 e. The first kappa shape index (κ1) is 18.2. The van der Waals surface area contributed by atoms with Gasteiger partial charge in [0, 0.05) is 23.5 Å². The average Bonchev–Trinajstić information content (AvgIpc) is 2.41. The lowest BCUT2D eigenvalue weighted by atomic mass is 9.95. The summed E-state index contributed by atoms with van der Waals surface area (Å²) in [4.78, 5) is 3.03. The second kappa shape index (κ2) is 6.03. The number of benzene rings is 1. The molecule has 0 spiro atoms. The standard InChI is InChI=1S/C13H4Cl3F6N/c14-7-1-2-8(15)11(16)10(7)9-5(12(17,18)19)3-23-4-6(9)13(20,21)22/h1-4H. The first-order valence-electron chi connectivity index (χ1n) is 5.71. The number of hydrogen-bond acceptors (Lipinski definition) is 1. The number of halogens is 9. The number of alkyl halides is 6. The maximum absolute atomic E-state index is 13.1. The van der Waals surface area contributed by atoms with E-state index in [4.69, 9.17) is 34.8 Å². The normalized spacial score (nSPS) is 12.6. The Morgan fingerprint density at radius 3 is 1.57 bits per heavy atom. The third-order valence-corrected chi connectivity index (χ3v) is 3.97. The molecule has 0 saturated carbocycles. The van der Waals surface area contributed by atoms with Gasteiger partial charge in [-0.2, -0.15) is 26.3 Å². The molecule has 0 fully saturated rings. The van der Waals surface area contributed by atoms with Gasteiger partial charge in [-0.05, 0) is 12.1 Å². The summed E-state index contributed by atoms with van der Waals surface area (Å²) in [5.41, 5.74) is -5.09. The highest BCUT2D eigenvalue weighted by Crippen LogP contribution is 2.49. The van der Waals surface area contributed by atoms with Crippen molar-refractivity contribution in [1.82, 2.24) is 4.98 Å². The zero-order valence-electron chi connectivity index (χ0n) is 10.7. The molecule has 10 heteroatoms.